The lowest BCUT2D eigenvalue weighted by Gasteiger charge is -2.11. The highest BCUT2D eigenvalue weighted by molar-refractivity contribution is 9.10. The van der Waals surface area contributed by atoms with Gasteiger partial charge in [-0.3, -0.25) is 9.48 Å². The molecule has 0 aliphatic rings. The highest BCUT2D eigenvalue weighted by Crippen LogP contribution is 2.16. The van der Waals surface area contributed by atoms with Crippen LogP contribution in [0, 0.1) is 5.92 Å². The Morgan fingerprint density at radius 3 is 2.81 bits per heavy atom. The van der Waals surface area contributed by atoms with E-state index in [9.17, 15) is 4.79 Å². The van der Waals surface area contributed by atoms with Gasteiger partial charge in [0.25, 0.3) is 5.56 Å². The van der Waals surface area contributed by atoms with Crippen molar-refractivity contribution >= 4 is 21.6 Å². The molecule has 114 valence electrons. The highest BCUT2D eigenvalue weighted by Gasteiger charge is 2.09. The molecule has 0 aliphatic heterocycles. The van der Waals surface area contributed by atoms with Crippen LogP contribution in [-0.4, -0.2) is 26.1 Å². The SMILES string of the molecule is CC(C)Cn1ncc(NCCc2ccn(C)n2)c(Br)c1=O. The maximum atomic E-state index is 12.2. The molecule has 7 heteroatoms. The van der Waals surface area contributed by atoms with Gasteiger partial charge in [0.05, 0.1) is 17.6 Å². The summed E-state index contributed by atoms with van der Waals surface area (Å²) in [6, 6.07) is 1.98. The van der Waals surface area contributed by atoms with Crippen molar-refractivity contribution < 1.29 is 0 Å². The molecule has 2 aromatic heterocycles. The summed E-state index contributed by atoms with van der Waals surface area (Å²) < 4.78 is 3.79. The lowest BCUT2D eigenvalue weighted by molar-refractivity contribution is 0.462. The van der Waals surface area contributed by atoms with E-state index in [1.807, 2.05) is 19.3 Å². The fourth-order valence-electron chi connectivity index (χ4n) is 1.99. The van der Waals surface area contributed by atoms with Gasteiger partial charge in [0.15, 0.2) is 0 Å². The molecule has 0 saturated heterocycles. The third kappa shape index (κ3) is 4.17. The molecule has 0 unspecified atom stereocenters. The number of aryl methyl sites for hydroxylation is 1. The molecule has 21 heavy (non-hydrogen) atoms. The second-order valence-electron chi connectivity index (χ2n) is 5.41. The fraction of sp³-hybridized carbons (Fsp3) is 0.500. The molecule has 0 atom stereocenters. The molecule has 2 aromatic rings. The van der Waals surface area contributed by atoms with Crippen molar-refractivity contribution in [3.05, 3.63) is 39.0 Å². The summed E-state index contributed by atoms with van der Waals surface area (Å²) in [5.41, 5.74) is 1.63. The Balaban J connectivity index is 2.00. The van der Waals surface area contributed by atoms with Gasteiger partial charge in [-0.05, 0) is 27.9 Å². The third-order valence-corrected chi connectivity index (χ3v) is 3.75. The molecule has 0 saturated carbocycles. The zero-order valence-corrected chi connectivity index (χ0v) is 14.1. The van der Waals surface area contributed by atoms with E-state index in [1.165, 1.54) is 4.68 Å². The predicted octanol–water partition coefficient (Wildman–Crippen LogP) is 2.05. The van der Waals surface area contributed by atoms with Crippen LogP contribution in [0.5, 0.6) is 0 Å². The molecule has 0 bridgehead atoms. The normalized spacial score (nSPS) is 11.1. The largest absolute Gasteiger partial charge is 0.382 e. The minimum atomic E-state index is -0.105. The first kappa shape index (κ1) is 15.8. The van der Waals surface area contributed by atoms with E-state index in [1.54, 1.807) is 10.9 Å². The van der Waals surface area contributed by atoms with Crippen LogP contribution in [0.3, 0.4) is 0 Å². The number of nitrogens with one attached hydrogen (secondary N) is 1. The van der Waals surface area contributed by atoms with Gasteiger partial charge < -0.3 is 5.32 Å². The van der Waals surface area contributed by atoms with Crippen LogP contribution < -0.4 is 10.9 Å². The molecule has 0 fully saturated rings. The van der Waals surface area contributed by atoms with Crippen LogP contribution in [0.25, 0.3) is 0 Å². The van der Waals surface area contributed by atoms with E-state index < -0.39 is 0 Å². The van der Waals surface area contributed by atoms with Crippen LogP contribution in [0.1, 0.15) is 19.5 Å². The second kappa shape index (κ2) is 6.89. The maximum absolute atomic E-state index is 12.2. The highest BCUT2D eigenvalue weighted by atomic mass is 79.9. The number of halogens is 1. The number of nitrogens with zero attached hydrogens (tertiary/aromatic N) is 4. The first-order valence-electron chi connectivity index (χ1n) is 6.95. The van der Waals surface area contributed by atoms with E-state index in [2.05, 4.69) is 45.3 Å². The fourth-order valence-corrected chi connectivity index (χ4v) is 2.43. The van der Waals surface area contributed by atoms with Gasteiger partial charge in [-0.15, -0.1) is 0 Å². The average molecular weight is 354 g/mol. The van der Waals surface area contributed by atoms with Gasteiger partial charge in [0.1, 0.15) is 4.47 Å². The standard InChI is InChI=1S/C14H20BrN5O/c1-10(2)9-20-14(21)13(15)12(8-17-20)16-6-4-11-5-7-19(3)18-11/h5,7-8,10,16H,4,6,9H2,1-3H3. The summed E-state index contributed by atoms with van der Waals surface area (Å²) in [6.07, 6.45) is 4.40. The molecule has 0 amide bonds. The van der Waals surface area contributed by atoms with Crippen molar-refractivity contribution in [2.45, 2.75) is 26.8 Å². The molecule has 1 N–H and O–H groups in total. The molecule has 0 radical (unpaired) electrons. The van der Waals surface area contributed by atoms with Crippen LogP contribution in [0.15, 0.2) is 27.7 Å². The quantitative estimate of drug-likeness (QED) is 0.862. The number of rotatable bonds is 6. The van der Waals surface area contributed by atoms with Crippen LogP contribution >= 0.6 is 15.9 Å². The Morgan fingerprint density at radius 1 is 1.43 bits per heavy atom. The molecule has 2 heterocycles. The van der Waals surface area contributed by atoms with E-state index in [0.717, 1.165) is 17.8 Å². The molecule has 6 nitrogen and oxygen atoms in total. The maximum Gasteiger partial charge on any atom is 0.283 e. The van der Waals surface area contributed by atoms with Crippen LogP contribution in [0.2, 0.25) is 0 Å². The zero-order chi connectivity index (χ0) is 15.4. The number of anilines is 1. The second-order valence-corrected chi connectivity index (χ2v) is 6.20. The van der Waals surface area contributed by atoms with Crippen molar-refractivity contribution in [3.63, 3.8) is 0 Å². The summed E-state index contributed by atoms with van der Waals surface area (Å²) in [4.78, 5) is 12.2. The zero-order valence-electron chi connectivity index (χ0n) is 12.5. The Bertz CT molecular complexity index is 662. The van der Waals surface area contributed by atoms with Gasteiger partial charge in [0.2, 0.25) is 0 Å². The van der Waals surface area contributed by atoms with Crippen molar-refractivity contribution in [1.29, 1.82) is 0 Å². The molecule has 2 rings (SSSR count). The Hall–Kier alpha value is -1.63. The molecule has 0 spiro atoms. The smallest absolute Gasteiger partial charge is 0.283 e. The van der Waals surface area contributed by atoms with Crippen molar-refractivity contribution in [2.75, 3.05) is 11.9 Å². The minimum Gasteiger partial charge on any atom is -0.382 e. The summed E-state index contributed by atoms with van der Waals surface area (Å²) >= 11 is 3.36. The Labute approximate surface area is 132 Å². The van der Waals surface area contributed by atoms with Gasteiger partial charge >= 0.3 is 0 Å². The number of hydrogen-bond donors (Lipinski definition) is 1. The summed E-state index contributed by atoms with van der Waals surface area (Å²) in [5.74, 6) is 0.380. The third-order valence-electron chi connectivity index (χ3n) is 2.99. The molecular weight excluding hydrogens is 334 g/mol. The topological polar surface area (TPSA) is 64.7 Å². The van der Waals surface area contributed by atoms with Crippen molar-refractivity contribution in [2.24, 2.45) is 13.0 Å². The van der Waals surface area contributed by atoms with Crippen molar-refractivity contribution in [3.8, 4) is 0 Å². The Kier molecular flexibility index (Phi) is 5.17. The van der Waals surface area contributed by atoms with Gasteiger partial charge in [-0.1, -0.05) is 13.8 Å². The van der Waals surface area contributed by atoms with E-state index in [4.69, 9.17) is 0 Å². The van der Waals surface area contributed by atoms with Gasteiger partial charge in [0, 0.05) is 32.8 Å². The minimum absolute atomic E-state index is 0.105. The number of hydrogen-bond acceptors (Lipinski definition) is 4. The predicted molar refractivity (Wildman–Crippen MR) is 86.4 cm³/mol. The van der Waals surface area contributed by atoms with E-state index in [-0.39, 0.29) is 5.56 Å². The summed E-state index contributed by atoms with van der Waals surface area (Å²) in [6.45, 7) is 5.43. The Morgan fingerprint density at radius 2 is 2.19 bits per heavy atom. The lowest BCUT2D eigenvalue weighted by atomic mass is 10.2. The van der Waals surface area contributed by atoms with E-state index >= 15 is 0 Å². The first-order chi connectivity index (χ1) is 9.97. The summed E-state index contributed by atoms with van der Waals surface area (Å²) in [7, 11) is 1.89. The molecule has 0 aromatic carbocycles. The molecular formula is C14H20BrN5O. The average Bonchev–Trinajstić information content (AvgIpc) is 2.83. The first-order valence-corrected chi connectivity index (χ1v) is 7.74. The van der Waals surface area contributed by atoms with E-state index in [0.29, 0.717) is 23.5 Å². The molecule has 0 aliphatic carbocycles. The van der Waals surface area contributed by atoms with Crippen LogP contribution in [-0.2, 0) is 20.0 Å². The van der Waals surface area contributed by atoms with Gasteiger partial charge in [-0.2, -0.15) is 10.2 Å². The number of aromatic nitrogens is 4. The van der Waals surface area contributed by atoms with Gasteiger partial charge in [-0.25, -0.2) is 4.68 Å². The lowest BCUT2D eigenvalue weighted by Crippen LogP contribution is -2.26. The van der Waals surface area contributed by atoms with Crippen LogP contribution in [0.4, 0.5) is 5.69 Å². The summed E-state index contributed by atoms with van der Waals surface area (Å²) in [5, 5.41) is 11.7. The van der Waals surface area contributed by atoms with Crippen molar-refractivity contribution in [1.82, 2.24) is 19.6 Å². The monoisotopic (exact) mass is 353 g/mol.